The van der Waals surface area contributed by atoms with Gasteiger partial charge in [0.1, 0.15) is 10.7 Å². The summed E-state index contributed by atoms with van der Waals surface area (Å²) in [5.74, 6) is 0.0207. The van der Waals surface area contributed by atoms with Crippen molar-refractivity contribution in [2.24, 2.45) is 5.92 Å². The van der Waals surface area contributed by atoms with Gasteiger partial charge in [-0.3, -0.25) is 0 Å². The Morgan fingerprint density at radius 1 is 1.29 bits per heavy atom. The van der Waals surface area contributed by atoms with Gasteiger partial charge in [0.2, 0.25) is 10.0 Å². The summed E-state index contributed by atoms with van der Waals surface area (Å²) in [6, 6.07) is 2.22. The summed E-state index contributed by atoms with van der Waals surface area (Å²) in [5, 5.41) is 0. The number of hydrogen-bond acceptors (Lipinski definition) is 3. The molecule has 4 nitrogen and oxygen atoms in total. The number of anilines is 1. The molecular weight excluding hydrogens is 359 g/mol. The van der Waals surface area contributed by atoms with Crippen LogP contribution >= 0.6 is 15.9 Å². The highest BCUT2D eigenvalue weighted by atomic mass is 79.9. The number of benzene rings is 1. The van der Waals surface area contributed by atoms with E-state index in [9.17, 15) is 12.8 Å². The number of sulfonamides is 1. The molecule has 1 aliphatic carbocycles. The van der Waals surface area contributed by atoms with E-state index in [1.54, 1.807) is 0 Å². The van der Waals surface area contributed by atoms with E-state index in [-0.39, 0.29) is 15.1 Å². The molecule has 0 amide bonds. The Morgan fingerprint density at radius 2 is 1.95 bits per heavy atom. The molecular formula is C14H20BrFN2O2S. The predicted molar refractivity (Wildman–Crippen MR) is 84.9 cm³/mol. The second-order valence-electron chi connectivity index (χ2n) is 5.49. The van der Waals surface area contributed by atoms with E-state index in [1.807, 2.05) is 0 Å². The molecule has 1 fully saturated rings. The SMILES string of the molecule is Nc1cc(F)c(Br)cc1S(=O)(=O)NCCC1CCCCC1. The monoisotopic (exact) mass is 378 g/mol. The number of nitrogens with two attached hydrogens (primary N) is 1. The lowest BCUT2D eigenvalue weighted by molar-refractivity contribution is 0.339. The van der Waals surface area contributed by atoms with Crippen molar-refractivity contribution in [1.82, 2.24) is 4.72 Å². The van der Waals surface area contributed by atoms with Crippen LogP contribution in [0.2, 0.25) is 0 Å². The molecule has 118 valence electrons. The molecule has 1 saturated carbocycles. The summed E-state index contributed by atoms with van der Waals surface area (Å²) in [7, 11) is -3.70. The summed E-state index contributed by atoms with van der Waals surface area (Å²) < 4.78 is 40.4. The molecule has 0 atom stereocenters. The van der Waals surface area contributed by atoms with E-state index in [1.165, 1.54) is 38.2 Å². The van der Waals surface area contributed by atoms with Crippen molar-refractivity contribution in [3.05, 3.63) is 22.4 Å². The van der Waals surface area contributed by atoms with Gasteiger partial charge in [0.15, 0.2) is 0 Å². The molecule has 0 heterocycles. The highest BCUT2D eigenvalue weighted by Crippen LogP contribution is 2.27. The van der Waals surface area contributed by atoms with Gasteiger partial charge < -0.3 is 5.73 Å². The van der Waals surface area contributed by atoms with Gasteiger partial charge in [0.25, 0.3) is 0 Å². The molecule has 0 aliphatic heterocycles. The van der Waals surface area contributed by atoms with Crippen molar-refractivity contribution in [1.29, 1.82) is 0 Å². The number of nitrogen functional groups attached to an aromatic ring is 1. The molecule has 1 aromatic rings. The lowest BCUT2D eigenvalue weighted by atomic mass is 9.87. The van der Waals surface area contributed by atoms with Crippen molar-refractivity contribution in [2.45, 2.75) is 43.4 Å². The zero-order chi connectivity index (χ0) is 15.5. The van der Waals surface area contributed by atoms with Gasteiger partial charge in [-0.25, -0.2) is 17.5 Å². The van der Waals surface area contributed by atoms with E-state index in [0.29, 0.717) is 12.5 Å². The normalized spacial score (nSPS) is 17.0. The fourth-order valence-corrected chi connectivity index (χ4v) is 4.41. The van der Waals surface area contributed by atoms with Crippen LogP contribution in [0.1, 0.15) is 38.5 Å². The van der Waals surface area contributed by atoms with Crippen molar-refractivity contribution >= 4 is 31.6 Å². The Morgan fingerprint density at radius 3 is 2.62 bits per heavy atom. The summed E-state index contributed by atoms with van der Waals surface area (Å²) >= 11 is 2.98. The number of hydrogen-bond donors (Lipinski definition) is 2. The molecule has 0 spiro atoms. The van der Waals surface area contributed by atoms with Gasteiger partial charge in [-0.15, -0.1) is 0 Å². The van der Waals surface area contributed by atoms with Crippen LogP contribution in [0.5, 0.6) is 0 Å². The van der Waals surface area contributed by atoms with Crippen LogP contribution in [0, 0.1) is 11.7 Å². The van der Waals surface area contributed by atoms with Gasteiger partial charge in [0.05, 0.1) is 10.2 Å². The van der Waals surface area contributed by atoms with Crippen LogP contribution in [0.25, 0.3) is 0 Å². The molecule has 0 bridgehead atoms. The van der Waals surface area contributed by atoms with Crippen LogP contribution in [0.15, 0.2) is 21.5 Å². The molecule has 21 heavy (non-hydrogen) atoms. The maximum absolute atomic E-state index is 13.3. The molecule has 0 saturated heterocycles. The minimum absolute atomic E-state index is 0.0825. The Labute approximate surface area is 133 Å². The molecule has 3 N–H and O–H groups in total. The highest BCUT2D eigenvalue weighted by Gasteiger charge is 2.20. The topological polar surface area (TPSA) is 72.2 Å². The van der Waals surface area contributed by atoms with E-state index < -0.39 is 15.8 Å². The van der Waals surface area contributed by atoms with Crippen LogP contribution in [0.3, 0.4) is 0 Å². The Kier molecular flexibility index (Phi) is 5.62. The fourth-order valence-electron chi connectivity index (χ4n) is 2.73. The fraction of sp³-hybridized carbons (Fsp3) is 0.571. The van der Waals surface area contributed by atoms with Gasteiger partial charge in [0, 0.05) is 6.54 Å². The number of rotatable bonds is 5. The maximum Gasteiger partial charge on any atom is 0.242 e. The Hall–Kier alpha value is -0.660. The predicted octanol–water partition coefficient (Wildman–Crippen LogP) is 3.42. The maximum atomic E-state index is 13.3. The van der Waals surface area contributed by atoms with Crippen LogP contribution in [-0.4, -0.2) is 15.0 Å². The first kappa shape index (κ1) is 16.7. The van der Waals surface area contributed by atoms with Crippen LogP contribution in [-0.2, 0) is 10.0 Å². The van der Waals surface area contributed by atoms with Gasteiger partial charge in [-0.05, 0) is 40.4 Å². The molecule has 0 unspecified atom stereocenters. The van der Waals surface area contributed by atoms with E-state index >= 15 is 0 Å². The number of halogens is 2. The molecule has 7 heteroatoms. The first-order valence-electron chi connectivity index (χ1n) is 7.14. The largest absolute Gasteiger partial charge is 0.398 e. The smallest absolute Gasteiger partial charge is 0.242 e. The summed E-state index contributed by atoms with van der Waals surface area (Å²) in [5.41, 5.74) is 5.53. The molecule has 1 aliphatic rings. The zero-order valence-electron chi connectivity index (χ0n) is 11.7. The van der Waals surface area contributed by atoms with Gasteiger partial charge in [-0.2, -0.15) is 0 Å². The van der Waals surface area contributed by atoms with Crippen molar-refractivity contribution in [3.63, 3.8) is 0 Å². The minimum Gasteiger partial charge on any atom is -0.398 e. The van der Waals surface area contributed by atoms with Crippen molar-refractivity contribution in [2.75, 3.05) is 12.3 Å². The first-order valence-corrected chi connectivity index (χ1v) is 9.42. The number of nitrogens with one attached hydrogen (secondary N) is 1. The third-order valence-electron chi connectivity index (χ3n) is 3.91. The Balaban J connectivity index is 1.99. The Bertz CT molecular complexity index is 601. The molecule has 2 rings (SSSR count). The average Bonchev–Trinajstić information content (AvgIpc) is 2.43. The third kappa shape index (κ3) is 4.40. The highest BCUT2D eigenvalue weighted by molar-refractivity contribution is 9.10. The summed E-state index contributed by atoms with van der Waals surface area (Å²) in [6.45, 7) is 0.390. The van der Waals surface area contributed by atoms with Crippen LogP contribution in [0.4, 0.5) is 10.1 Å². The summed E-state index contributed by atoms with van der Waals surface area (Å²) in [6.07, 6.45) is 6.92. The lowest BCUT2D eigenvalue weighted by Crippen LogP contribution is -2.27. The lowest BCUT2D eigenvalue weighted by Gasteiger charge is -2.21. The molecule has 0 aromatic heterocycles. The van der Waals surface area contributed by atoms with E-state index in [0.717, 1.165) is 12.5 Å². The molecule has 0 radical (unpaired) electrons. The quantitative estimate of drug-likeness (QED) is 0.770. The summed E-state index contributed by atoms with van der Waals surface area (Å²) in [4.78, 5) is -0.0839. The molecule has 1 aromatic carbocycles. The van der Waals surface area contributed by atoms with Gasteiger partial charge in [-0.1, -0.05) is 32.1 Å². The van der Waals surface area contributed by atoms with E-state index in [2.05, 4.69) is 20.7 Å². The zero-order valence-corrected chi connectivity index (χ0v) is 14.1. The van der Waals surface area contributed by atoms with Gasteiger partial charge >= 0.3 is 0 Å². The third-order valence-corrected chi connectivity index (χ3v) is 6.04. The second kappa shape index (κ2) is 7.07. The van der Waals surface area contributed by atoms with Crippen molar-refractivity contribution in [3.8, 4) is 0 Å². The van der Waals surface area contributed by atoms with Crippen LogP contribution < -0.4 is 10.5 Å². The van der Waals surface area contributed by atoms with E-state index in [4.69, 9.17) is 5.73 Å². The minimum atomic E-state index is -3.70. The first-order chi connectivity index (χ1) is 9.90. The second-order valence-corrected chi connectivity index (χ2v) is 8.08. The average molecular weight is 379 g/mol. The standard InChI is InChI=1S/C14H20BrFN2O2S/c15-11-8-14(13(17)9-12(11)16)21(19,20)18-7-6-10-4-2-1-3-5-10/h8-10,18H,1-7,17H2. The van der Waals surface area contributed by atoms with Crippen molar-refractivity contribution < 1.29 is 12.8 Å².